The molecule has 0 saturated carbocycles. The van der Waals surface area contributed by atoms with Crippen molar-refractivity contribution in [2.45, 2.75) is 44.9 Å². The van der Waals surface area contributed by atoms with Crippen molar-refractivity contribution in [3.63, 3.8) is 0 Å². The first-order valence-corrected chi connectivity index (χ1v) is 11.0. The molecule has 0 aromatic heterocycles. The molecule has 2 aromatic rings. The van der Waals surface area contributed by atoms with Gasteiger partial charge in [-0.05, 0) is 42.5 Å². The highest BCUT2D eigenvalue weighted by atomic mass is 32.2. The number of nitrogens with zero attached hydrogens (tertiary/aromatic N) is 2. The van der Waals surface area contributed by atoms with E-state index in [1.165, 1.54) is 11.3 Å². The van der Waals surface area contributed by atoms with E-state index < -0.39 is 10.0 Å². The summed E-state index contributed by atoms with van der Waals surface area (Å²) in [5.41, 5.74) is 4.47. The predicted molar refractivity (Wildman–Crippen MR) is 112 cm³/mol. The van der Waals surface area contributed by atoms with Gasteiger partial charge in [-0.15, -0.1) is 0 Å². The molecule has 0 radical (unpaired) electrons. The molecule has 0 bridgehead atoms. The van der Waals surface area contributed by atoms with E-state index in [1.807, 2.05) is 26.0 Å². The Labute approximate surface area is 163 Å². The molecule has 2 aromatic carbocycles. The monoisotopic (exact) mass is 386 g/mol. The lowest BCUT2D eigenvalue weighted by Crippen LogP contribution is -2.49. The smallest absolute Gasteiger partial charge is 0.243 e. The first-order valence-electron chi connectivity index (χ1n) is 9.52. The van der Waals surface area contributed by atoms with Crippen molar-refractivity contribution >= 4 is 15.7 Å². The Morgan fingerprint density at radius 2 is 1.52 bits per heavy atom. The van der Waals surface area contributed by atoms with Crippen LogP contribution in [0.4, 0.5) is 5.69 Å². The highest BCUT2D eigenvalue weighted by Gasteiger charge is 2.31. The average Bonchev–Trinajstić information content (AvgIpc) is 2.61. The first-order chi connectivity index (χ1) is 12.6. The highest BCUT2D eigenvalue weighted by molar-refractivity contribution is 7.89. The van der Waals surface area contributed by atoms with Gasteiger partial charge in [-0.1, -0.05) is 56.7 Å². The van der Waals surface area contributed by atoms with Crippen LogP contribution in [0, 0.1) is 13.8 Å². The molecule has 1 fully saturated rings. The van der Waals surface area contributed by atoms with Crippen LogP contribution < -0.4 is 4.90 Å². The maximum absolute atomic E-state index is 13.1. The van der Waals surface area contributed by atoms with Gasteiger partial charge in [0.2, 0.25) is 10.0 Å². The summed E-state index contributed by atoms with van der Waals surface area (Å²) in [6.45, 7) is 12.9. The topological polar surface area (TPSA) is 40.6 Å². The molecule has 0 unspecified atom stereocenters. The minimum atomic E-state index is -3.45. The average molecular weight is 387 g/mol. The number of para-hydroxylation sites is 1. The van der Waals surface area contributed by atoms with E-state index in [0.717, 1.165) is 11.1 Å². The molecular formula is C22H30N2O2S. The molecule has 5 heteroatoms. The van der Waals surface area contributed by atoms with Gasteiger partial charge in [0.1, 0.15) is 0 Å². The fraction of sp³-hybridized carbons (Fsp3) is 0.455. The number of hydrogen-bond donors (Lipinski definition) is 0. The Balaban J connectivity index is 1.80. The maximum atomic E-state index is 13.1. The van der Waals surface area contributed by atoms with Crippen LogP contribution in [0.1, 0.15) is 37.5 Å². The Morgan fingerprint density at radius 1 is 0.889 bits per heavy atom. The number of rotatable bonds is 3. The van der Waals surface area contributed by atoms with Crippen molar-refractivity contribution in [2.75, 3.05) is 31.1 Å². The van der Waals surface area contributed by atoms with Crippen LogP contribution >= 0.6 is 0 Å². The fourth-order valence-electron chi connectivity index (χ4n) is 3.78. The third kappa shape index (κ3) is 4.04. The Hall–Kier alpha value is -1.85. The molecule has 27 heavy (non-hydrogen) atoms. The third-order valence-electron chi connectivity index (χ3n) is 5.24. The van der Waals surface area contributed by atoms with Crippen molar-refractivity contribution < 1.29 is 8.42 Å². The number of anilines is 1. The van der Waals surface area contributed by atoms with E-state index in [0.29, 0.717) is 31.1 Å². The van der Waals surface area contributed by atoms with Crippen molar-refractivity contribution in [1.82, 2.24) is 4.31 Å². The van der Waals surface area contributed by atoms with Gasteiger partial charge >= 0.3 is 0 Å². The zero-order chi connectivity index (χ0) is 19.8. The molecule has 0 amide bonds. The van der Waals surface area contributed by atoms with Gasteiger partial charge in [0, 0.05) is 31.9 Å². The molecule has 0 spiro atoms. The van der Waals surface area contributed by atoms with Gasteiger partial charge in [-0.2, -0.15) is 4.31 Å². The van der Waals surface area contributed by atoms with Crippen molar-refractivity contribution in [2.24, 2.45) is 0 Å². The number of hydrogen-bond acceptors (Lipinski definition) is 3. The zero-order valence-electron chi connectivity index (χ0n) is 17.0. The summed E-state index contributed by atoms with van der Waals surface area (Å²) in [6, 6.07) is 14.0. The van der Waals surface area contributed by atoms with E-state index in [9.17, 15) is 8.42 Å². The van der Waals surface area contributed by atoms with Crippen molar-refractivity contribution in [3.8, 4) is 0 Å². The number of benzene rings is 2. The third-order valence-corrected chi connectivity index (χ3v) is 7.30. The summed E-state index contributed by atoms with van der Waals surface area (Å²) in [7, 11) is -3.45. The van der Waals surface area contributed by atoms with Gasteiger partial charge in [0.15, 0.2) is 0 Å². The summed E-state index contributed by atoms with van der Waals surface area (Å²) in [6.07, 6.45) is 0. The lowest BCUT2D eigenvalue weighted by atomic mass is 9.85. The molecule has 0 atom stereocenters. The normalized spacial score (nSPS) is 16.6. The summed E-state index contributed by atoms with van der Waals surface area (Å²) in [5, 5.41) is 0. The summed E-state index contributed by atoms with van der Waals surface area (Å²) < 4.78 is 27.8. The summed E-state index contributed by atoms with van der Waals surface area (Å²) in [5.74, 6) is 0. The van der Waals surface area contributed by atoms with E-state index >= 15 is 0 Å². The first kappa shape index (κ1) is 19.9. The molecular weight excluding hydrogens is 356 g/mol. The largest absolute Gasteiger partial charge is 0.369 e. The van der Waals surface area contributed by atoms with Gasteiger partial charge in [-0.25, -0.2) is 8.42 Å². The molecule has 0 aliphatic carbocycles. The quantitative estimate of drug-likeness (QED) is 0.797. The SMILES string of the molecule is Cc1ccc(S(=O)(=O)N2CCN(c3ccccc3C(C)(C)C)CC2)c(C)c1. The van der Waals surface area contributed by atoms with Gasteiger partial charge in [0.05, 0.1) is 4.90 Å². The van der Waals surface area contributed by atoms with Crippen LogP contribution in [0.5, 0.6) is 0 Å². The Kier molecular flexibility index (Phi) is 5.37. The van der Waals surface area contributed by atoms with Crippen molar-refractivity contribution in [1.29, 1.82) is 0 Å². The maximum Gasteiger partial charge on any atom is 0.243 e. The van der Waals surface area contributed by atoms with E-state index in [2.05, 4.69) is 49.9 Å². The van der Waals surface area contributed by atoms with Gasteiger partial charge in [0.25, 0.3) is 0 Å². The number of piperazine rings is 1. The molecule has 1 aliphatic heterocycles. The molecule has 1 aliphatic rings. The summed E-state index contributed by atoms with van der Waals surface area (Å²) in [4.78, 5) is 2.74. The molecule has 4 nitrogen and oxygen atoms in total. The second-order valence-corrected chi connectivity index (χ2v) is 10.3. The van der Waals surface area contributed by atoms with Crippen LogP contribution in [0.15, 0.2) is 47.4 Å². The van der Waals surface area contributed by atoms with E-state index in [4.69, 9.17) is 0 Å². The van der Waals surface area contributed by atoms with Crippen LogP contribution in [0.3, 0.4) is 0 Å². The molecule has 146 valence electrons. The van der Waals surface area contributed by atoms with Gasteiger partial charge < -0.3 is 4.90 Å². The fourth-order valence-corrected chi connectivity index (χ4v) is 5.41. The minimum absolute atomic E-state index is 0.0544. The molecule has 0 N–H and O–H groups in total. The standard InChI is InChI=1S/C22H30N2O2S/c1-17-10-11-21(18(2)16-17)27(25,26)24-14-12-23(13-15-24)20-9-7-6-8-19(20)22(3,4)5/h6-11,16H,12-15H2,1-5H3. The second kappa shape index (κ2) is 7.28. The molecule has 3 rings (SSSR count). The highest BCUT2D eigenvalue weighted by Crippen LogP contribution is 2.33. The lowest BCUT2D eigenvalue weighted by Gasteiger charge is -2.38. The molecule has 1 heterocycles. The van der Waals surface area contributed by atoms with Crippen LogP contribution in [0.25, 0.3) is 0 Å². The second-order valence-electron chi connectivity index (χ2n) is 8.43. The lowest BCUT2D eigenvalue weighted by molar-refractivity contribution is 0.383. The zero-order valence-corrected chi connectivity index (χ0v) is 17.8. The predicted octanol–water partition coefficient (Wildman–Crippen LogP) is 4.11. The van der Waals surface area contributed by atoms with Crippen LogP contribution in [-0.4, -0.2) is 38.9 Å². The van der Waals surface area contributed by atoms with Crippen LogP contribution in [0.2, 0.25) is 0 Å². The number of aryl methyl sites for hydroxylation is 2. The van der Waals surface area contributed by atoms with E-state index in [-0.39, 0.29) is 5.41 Å². The van der Waals surface area contributed by atoms with Gasteiger partial charge in [-0.3, -0.25) is 0 Å². The van der Waals surface area contributed by atoms with Crippen LogP contribution in [-0.2, 0) is 15.4 Å². The van der Waals surface area contributed by atoms with Crippen molar-refractivity contribution in [3.05, 3.63) is 59.2 Å². The van der Waals surface area contributed by atoms with E-state index in [1.54, 1.807) is 10.4 Å². The molecule has 1 saturated heterocycles. The Morgan fingerprint density at radius 3 is 2.11 bits per heavy atom. The minimum Gasteiger partial charge on any atom is -0.369 e. The summed E-state index contributed by atoms with van der Waals surface area (Å²) >= 11 is 0. The number of sulfonamides is 1. The Bertz CT molecular complexity index is 922.